The Bertz CT molecular complexity index is 388. The molecule has 1 aliphatic rings. The lowest BCUT2D eigenvalue weighted by molar-refractivity contribution is -0.138. The predicted molar refractivity (Wildman–Crippen MR) is 67.2 cm³/mol. The summed E-state index contributed by atoms with van der Waals surface area (Å²) in [5, 5.41) is 14.6. The number of nitrogens with zero attached hydrogens (tertiary/aromatic N) is 1. The van der Waals surface area contributed by atoms with Gasteiger partial charge in [0.15, 0.2) is 5.13 Å². The maximum absolute atomic E-state index is 10.7. The molecule has 1 aromatic heterocycles. The minimum Gasteiger partial charge on any atom is -0.480 e. The average Bonchev–Trinajstić information content (AvgIpc) is 2.77. The van der Waals surface area contributed by atoms with Gasteiger partial charge in [0, 0.05) is 11.4 Å². The van der Waals surface area contributed by atoms with Crippen molar-refractivity contribution < 1.29 is 9.90 Å². The number of hydrogen-bond acceptors (Lipinski definition) is 5. The number of anilines is 1. The highest BCUT2D eigenvalue weighted by molar-refractivity contribution is 7.13. The maximum atomic E-state index is 10.7. The molecule has 17 heavy (non-hydrogen) atoms. The molecule has 0 radical (unpaired) electrons. The fourth-order valence-corrected chi connectivity index (χ4v) is 2.87. The number of carbonyl (C=O) groups is 1. The molecular formula is C11H17N3O2S. The Morgan fingerprint density at radius 2 is 2.24 bits per heavy atom. The Morgan fingerprint density at radius 1 is 1.53 bits per heavy atom. The van der Waals surface area contributed by atoms with Crippen LogP contribution in [0, 0.1) is 0 Å². The molecule has 0 aliphatic heterocycles. The number of rotatable bonds is 4. The van der Waals surface area contributed by atoms with E-state index < -0.39 is 12.0 Å². The summed E-state index contributed by atoms with van der Waals surface area (Å²) in [5.74, 6) is -1.04. The molecule has 0 bridgehead atoms. The molecule has 0 aromatic carbocycles. The minimum atomic E-state index is -1.04. The van der Waals surface area contributed by atoms with Crippen molar-refractivity contribution in [1.29, 1.82) is 0 Å². The molecule has 0 spiro atoms. The lowest BCUT2D eigenvalue weighted by Crippen LogP contribution is -2.23. The van der Waals surface area contributed by atoms with E-state index in [1.54, 1.807) is 5.38 Å². The van der Waals surface area contributed by atoms with Crippen molar-refractivity contribution in [1.82, 2.24) is 4.98 Å². The number of nitrogens with one attached hydrogen (secondary N) is 1. The molecular weight excluding hydrogens is 238 g/mol. The van der Waals surface area contributed by atoms with Crippen molar-refractivity contribution in [3.8, 4) is 0 Å². The second-order valence-corrected chi connectivity index (χ2v) is 5.23. The Balaban J connectivity index is 1.95. The summed E-state index contributed by atoms with van der Waals surface area (Å²) < 4.78 is 0. The maximum Gasteiger partial charge on any atom is 0.326 e. The minimum absolute atomic E-state index is 0.431. The van der Waals surface area contributed by atoms with E-state index in [1.807, 2.05) is 0 Å². The molecule has 1 saturated carbocycles. The summed E-state index contributed by atoms with van der Waals surface area (Å²) >= 11 is 1.42. The first-order valence-electron chi connectivity index (χ1n) is 5.87. The van der Waals surface area contributed by atoms with Crippen LogP contribution in [0.5, 0.6) is 0 Å². The number of thiazole rings is 1. The molecule has 1 fully saturated rings. The van der Waals surface area contributed by atoms with E-state index in [0.29, 0.717) is 11.7 Å². The van der Waals surface area contributed by atoms with E-state index in [1.165, 1.54) is 43.4 Å². The van der Waals surface area contributed by atoms with Gasteiger partial charge >= 0.3 is 5.97 Å². The zero-order valence-electron chi connectivity index (χ0n) is 9.56. The molecule has 94 valence electrons. The van der Waals surface area contributed by atoms with Gasteiger partial charge in [-0.15, -0.1) is 11.3 Å². The normalized spacial score (nSPS) is 18.9. The second-order valence-electron chi connectivity index (χ2n) is 4.37. The van der Waals surface area contributed by atoms with Crippen molar-refractivity contribution in [3.63, 3.8) is 0 Å². The van der Waals surface area contributed by atoms with Crippen molar-refractivity contribution in [2.24, 2.45) is 5.73 Å². The van der Waals surface area contributed by atoms with Crippen molar-refractivity contribution in [2.45, 2.75) is 44.2 Å². The third kappa shape index (κ3) is 3.17. The van der Waals surface area contributed by atoms with Gasteiger partial charge in [-0.25, -0.2) is 4.98 Å². The number of aliphatic carboxylic acids is 1. The van der Waals surface area contributed by atoms with Crippen LogP contribution in [-0.2, 0) is 4.79 Å². The Kier molecular flexibility index (Phi) is 3.96. The summed E-state index contributed by atoms with van der Waals surface area (Å²) in [6.07, 6.45) is 6.15. The van der Waals surface area contributed by atoms with Crippen LogP contribution in [0.1, 0.15) is 43.8 Å². The van der Waals surface area contributed by atoms with Gasteiger partial charge in [-0.05, 0) is 12.8 Å². The van der Waals surface area contributed by atoms with E-state index in [9.17, 15) is 4.79 Å². The van der Waals surface area contributed by atoms with Gasteiger partial charge in [-0.1, -0.05) is 19.3 Å². The van der Waals surface area contributed by atoms with Crippen LogP contribution >= 0.6 is 11.3 Å². The molecule has 1 heterocycles. The average molecular weight is 255 g/mol. The summed E-state index contributed by atoms with van der Waals surface area (Å²) in [4.78, 5) is 14.9. The van der Waals surface area contributed by atoms with Crippen LogP contribution in [0.3, 0.4) is 0 Å². The highest BCUT2D eigenvalue weighted by atomic mass is 32.1. The standard InChI is InChI=1S/C11H17N3O2S/c12-9(10(15)16)8-6-17-11(14-8)13-7-4-2-1-3-5-7/h6-7,9H,1-5,12H2,(H,13,14)(H,15,16). The lowest BCUT2D eigenvalue weighted by Gasteiger charge is -2.22. The molecule has 1 aromatic rings. The molecule has 2 rings (SSSR count). The molecule has 6 heteroatoms. The molecule has 1 atom stereocenters. The summed E-state index contributed by atoms with van der Waals surface area (Å²) in [6.45, 7) is 0. The number of hydrogen-bond donors (Lipinski definition) is 3. The van der Waals surface area contributed by atoms with Crippen LogP contribution in [0.4, 0.5) is 5.13 Å². The highest BCUT2D eigenvalue weighted by Crippen LogP contribution is 2.25. The first-order valence-corrected chi connectivity index (χ1v) is 6.75. The molecule has 0 saturated heterocycles. The second kappa shape index (κ2) is 5.46. The third-order valence-corrected chi connectivity index (χ3v) is 3.83. The van der Waals surface area contributed by atoms with E-state index in [2.05, 4.69) is 10.3 Å². The quantitative estimate of drug-likeness (QED) is 0.765. The first-order chi connectivity index (χ1) is 8.16. The third-order valence-electron chi connectivity index (χ3n) is 3.04. The SMILES string of the molecule is NC(C(=O)O)c1csc(NC2CCCCC2)n1. The first kappa shape index (κ1) is 12.3. The molecule has 0 amide bonds. The van der Waals surface area contributed by atoms with Gasteiger partial charge in [0.2, 0.25) is 0 Å². The zero-order chi connectivity index (χ0) is 12.3. The number of aromatic nitrogens is 1. The monoisotopic (exact) mass is 255 g/mol. The van der Waals surface area contributed by atoms with E-state index >= 15 is 0 Å². The van der Waals surface area contributed by atoms with Crippen LogP contribution in [-0.4, -0.2) is 22.1 Å². The van der Waals surface area contributed by atoms with Gasteiger partial charge < -0.3 is 16.2 Å². The van der Waals surface area contributed by atoms with Gasteiger partial charge in [-0.2, -0.15) is 0 Å². The van der Waals surface area contributed by atoms with Gasteiger partial charge in [-0.3, -0.25) is 4.79 Å². The molecule has 1 unspecified atom stereocenters. The summed E-state index contributed by atoms with van der Waals surface area (Å²) in [6, 6.07) is -0.544. The van der Waals surface area contributed by atoms with Gasteiger partial charge in [0.05, 0.1) is 5.69 Å². The fourth-order valence-electron chi connectivity index (χ4n) is 2.04. The van der Waals surface area contributed by atoms with Gasteiger partial charge in [0.25, 0.3) is 0 Å². The summed E-state index contributed by atoms with van der Waals surface area (Å²) in [5.41, 5.74) is 5.93. The predicted octanol–water partition coefficient (Wildman–Crippen LogP) is 1.97. The Labute approximate surface area is 104 Å². The number of carboxylic acid groups (broad SMARTS) is 1. The highest BCUT2D eigenvalue weighted by Gasteiger charge is 2.19. The Morgan fingerprint density at radius 3 is 2.88 bits per heavy atom. The van der Waals surface area contributed by atoms with E-state index in [4.69, 9.17) is 10.8 Å². The molecule has 1 aliphatic carbocycles. The van der Waals surface area contributed by atoms with Crippen molar-refractivity contribution in [3.05, 3.63) is 11.1 Å². The van der Waals surface area contributed by atoms with Crippen molar-refractivity contribution >= 4 is 22.4 Å². The lowest BCUT2D eigenvalue weighted by atomic mass is 9.96. The zero-order valence-corrected chi connectivity index (χ0v) is 10.4. The van der Waals surface area contributed by atoms with Crippen molar-refractivity contribution in [2.75, 3.05) is 5.32 Å². The fraction of sp³-hybridized carbons (Fsp3) is 0.636. The van der Waals surface area contributed by atoms with E-state index in [0.717, 1.165) is 5.13 Å². The molecule has 4 N–H and O–H groups in total. The van der Waals surface area contributed by atoms with Crippen LogP contribution in [0.25, 0.3) is 0 Å². The summed E-state index contributed by atoms with van der Waals surface area (Å²) in [7, 11) is 0. The van der Waals surface area contributed by atoms with Crippen LogP contribution in [0.2, 0.25) is 0 Å². The topological polar surface area (TPSA) is 88.2 Å². The molecule has 5 nitrogen and oxygen atoms in total. The Hall–Kier alpha value is -1.14. The van der Waals surface area contributed by atoms with Crippen LogP contribution in [0.15, 0.2) is 5.38 Å². The van der Waals surface area contributed by atoms with Gasteiger partial charge in [0.1, 0.15) is 6.04 Å². The number of carboxylic acids is 1. The van der Waals surface area contributed by atoms with E-state index in [-0.39, 0.29) is 0 Å². The number of nitrogens with two attached hydrogens (primary N) is 1. The smallest absolute Gasteiger partial charge is 0.326 e. The van der Waals surface area contributed by atoms with Crippen LogP contribution < -0.4 is 11.1 Å². The largest absolute Gasteiger partial charge is 0.480 e.